The molecule has 9 rings (SSSR count). The molecule has 0 radical (unpaired) electrons. The second-order valence-corrected chi connectivity index (χ2v) is 17.0. The second-order valence-electron chi connectivity index (χ2n) is 14.0. The van der Waals surface area contributed by atoms with Crippen molar-refractivity contribution in [2.24, 2.45) is 0 Å². The zero-order valence-corrected chi connectivity index (χ0v) is 34.1. The summed E-state index contributed by atoms with van der Waals surface area (Å²) < 4.78 is 8.28. The summed E-state index contributed by atoms with van der Waals surface area (Å²) in [5.74, 6) is 0.844. The molecule has 292 valence electrons. The minimum absolute atomic E-state index is 0.164. The van der Waals surface area contributed by atoms with E-state index in [4.69, 9.17) is 4.74 Å². The summed E-state index contributed by atoms with van der Waals surface area (Å²) in [7, 11) is 2.16. The van der Waals surface area contributed by atoms with Crippen LogP contribution in [0.25, 0.3) is 31.6 Å². The minimum atomic E-state index is -0.973. The van der Waals surface area contributed by atoms with Gasteiger partial charge in [0.2, 0.25) is 6.41 Å². The largest absolute Gasteiger partial charge is 0.494 e. The predicted molar refractivity (Wildman–Crippen MR) is 231 cm³/mol. The fourth-order valence-corrected chi connectivity index (χ4v) is 10.1. The maximum absolute atomic E-state index is 12.0. The van der Waals surface area contributed by atoms with Crippen LogP contribution in [0.4, 0.5) is 16.1 Å². The van der Waals surface area contributed by atoms with E-state index in [1.807, 2.05) is 36.4 Å². The van der Waals surface area contributed by atoms with Crippen LogP contribution in [0, 0.1) is 6.92 Å². The van der Waals surface area contributed by atoms with Crippen LogP contribution in [-0.2, 0) is 24.2 Å². The van der Waals surface area contributed by atoms with Gasteiger partial charge in [-0.2, -0.15) is 0 Å². The number of thiophene rings is 1. The SMILES string of the molecule is Cc1cccc2c1CN(c1nc(C(=O)O)c(CCCOc3ccc(-c4csc5c(N6CCN(C)CC6)ncnc45)cc3)s1)CC2.O=CNc1nc2ccccc2s1. The van der Waals surface area contributed by atoms with Crippen LogP contribution in [0.3, 0.4) is 0 Å². The average Bonchev–Trinajstić information content (AvgIpc) is 3.98. The number of carboxylic acid groups (broad SMARTS) is 1. The summed E-state index contributed by atoms with van der Waals surface area (Å²) in [4.78, 5) is 47.9. The first kappa shape index (κ1) is 38.4. The van der Waals surface area contributed by atoms with Crippen LogP contribution in [0.1, 0.15) is 38.5 Å². The Kier molecular flexibility index (Phi) is 11.7. The van der Waals surface area contributed by atoms with Crippen molar-refractivity contribution in [1.29, 1.82) is 0 Å². The molecule has 1 fully saturated rings. The normalized spacial score (nSPS) is 14.3. The summed E-state index contributed by atoms with van der Waals surface area (Å²) in [6.07, 6.45) is 4.56. The first-order valence-corrected chi connectivity index (χ1v) is 21.4. The number of amides is 1. The Morgan fingerprint density at radius 2 is 1.77 bits per heavy atom. The highest BCUT2D eigenvalue weighted by Crippen LogP contribution is 2.38. The Morgan fingerprint density at radius 3 is 2.56 bits per heavy atom. The van der Waals surface area contributed by atoms with Crippen molar-refractivity contribution in [3.8, 4) is 16.9 Å². The predicted octanol–water partition coefficient (Wildman–Crippen LogP) is 8.01. The van der Waals surface area contributed by atoms with Gasteiger partial charge in [0.15, 0.2) is 16.0 Å². The van der Waals surface area contributed by atoms with Crippen molar-refractivity contribution in [2.75, 3.05) is 61.5 Å². The Morgan fingerprint density at radius 1 is 0.947 bits per heavy atom. The van der Waals surface area contributed by atoms with E-state index in [1.54, 1.807) is 17.7 Å². The van der Waals surface area contributed by atoms with Gasteiger partial charge in [0.05, 0.1) is 27.0 Å². The Balaban J connectivity index is 0.000000323. The van der Waals surface area contributed by atoms with Crippen LogP contribution in [0.5, 0.6) is 5.75 Å². The van der Waals surface area contributed by atoms with Crippen molar-refractivity contribution >= 4 is 82.9 Å². The van der Waals surface area contributed by atoms with Gasteiger partial charge in [-0.3, -0.25) is 4.79 Å². The molecule has 1 amide bonds. The average molecular weight is 819 g/mol. The summed E-state index contributed by atoms with van der Waals surface area (Å²) in [5.41, 5.74) is 8.24. The number of aryl methyl sites for hydroxylation is 2. The lowest BCUT2D eigenvalue weighted by molar-refractivity contribution is -0.105. The highest BCUT2D eigenvalue weighted by Gasteiger charge is 2.25. The molecule has 0 saturated carbocycles. The molecule has 1 saturated heterocycles. The number of likely N-dealkylation sites (N-methyl/N-ethyl adjacent to an activating group) is 1. The Bertz CT molecular complexity index is 2480. The molecule has 57 heavy (non-hydrogen) atoms. The smallest absolute Gasteiger partial charge is 0.355 e. The number of hydrogen-bond acceptors (Lipinski definition) is 13. The number of para-hydroxylation sites is 1. The number of anilines is 3. The zero-order chi connectivity index (χ0) is 39.3. The maximum atomic E-state index is 12.0. The van der Waals surface area contributed by atoms with E-state index in [0.717, 1.165) is 98.8 Å². The van der Waals surface area contributed by atoms with Crippen molar-refractivity contribution in [1.82, 2.24) is 24.8 Å². The van der Waals surface area contributed by atoms with Gasteiger partial charge < -0.3 is 29.9 Å². The van der Waals surface area contributed by atoms with E-state index in [1.165, 1.54) is 39.4 Å². The van der Waals surface area contributed by atoms with Crippen molar-refractivity contribution in [2.45, 2.75) is 32.7 Å². The molecule has 2 aliphatic rings. The standard InChI is InChI=1S/C34H36N6O3S2.C8H6N2OS/c1-22-5-3-6-23-12-13-40(19-26(22)23)34-37-30(33(41)42)28(45-34)7-4-18-43-25-10-8-24(9-11-25)27-20-44-31-29(27)35-21-36-32(31)39-16-14-38(2)15-17-39;11-5-9-8-10-6-3-1-2-4-7(6)12-8/h3,5-6,8-11,20-21H,4,7,12-19H2,1-2H3,(H,41,42);1-5H,(H,9,10,11). The molecule has 2 N–H and O–H groups in total. The van der Waals surface area contributed by atoms with Gasteiger partial charge in [0.1, 0.15) is 17.9 Å². The number of nitrogens with zero attached hydrogens (tertiary/aromatic N) is 7. The Labute approximate surface area is 342 Å². The van der Waals surface area contributed by atoms with E-state index in [0.29, 0.717) is 31.0 Å². The first-order chi connectivity index (χ1) is 27.8. The number of nitrogens with one attached hydrogen (secondary N) is 1. The maximum Gasteiger partial charge on any atom is 0.355 e. The molecule has 0 bridgehead atoms. The number of hydrogen-bond donors (Lipinski definition) is 2. The molecule has 2 aliphatic heterocycles. The molecule has 3 aromatic carbocycles. The van der Waals surface area contributed by atoms with Gasteiger partial charge in [-0.25, -0.2) is 24.7 Å². The molecule has 0 aliphatic carbocycles. The monoisotopic (exact) mass is 818 g/mol. The molecule has 15 heteroatoms. The molecule has 6 heterocycles. The van der Waals surface area contributed by atoms with Gasteiger partial charge in [-0.1, -0.05) is 53.8 Å². The summed E-state index contributed by atoms with van der Waals surface area (Å²) in [6.45, 7) is 8.23. The number of carbonyl (C=O) groups excluding carboxylic acids is 1. The van der Waals surface area contributed by atoms with Crippen molar-refractivity contribution < 1.29 is 19.4 Å². The fourth-order valence-electron chi connectivity index (χ4n) is 7.15. The molecule has 12 nitrogen and oxygen atoms in total. The van der Waals surface area contributed by atoms with E-state index < -0.39 is 5.97 Å². The number of fused-ring (bicyclic) bond motifs is 3. The molecule has 0 spiro atoms. The lowest BCUT2D eigenvalue weighted by Gasteiger charge is -2.33. The topological polar surface area (TPSA) is 137 Å². The highest BCUT2D eigenvalue weighted by molar-refractivity contribution is 7.22. The third kappa shape index (κ3) is 8.61. The van der Waals surface area contributed by atoms with Gasteiger partial charge >= 0.3 is 5.97 Å². The number of carbonyl (C=O) groups is 2. The van der Waals surface area contributed by atoms with E-state index in [9.17, 15) is 14.7 Å². The number of benzene rings is 3. The summed E-state index contributed by atoms with van der Waals surface area (Å²) in [6, 6.07) is 22.3. The molecule has 0 unspecified atom stereocenters. The number of rotatable bonds is 11. The number of aromatic nitrogens is 4. The van der Waals surface area contributed by atoms with E-state index >= 15 is 0 Å². The fraction of sp³-hybridized carbons (Fsp3) is 0.286. The third-order valence-corrected chi connectivity index (χ3v) is 13.4. The molecular weight excluding hydrogens is 777 g/mol. The highest BCUT2D eigenvalue weighted by atomic mass is 32.1. The van der Waals surface area contributed by atoms with Gasteiger partial charge in [0, 0.05) is 55.1 Å². The Hall–Kier alpha value is -5.48. The minimum Gasteiger partial charge on any atom is -0.494 e. The molecule has 7 aromatic rings. The van der Waals surface area contributed by atoms with E-state index in [-0.39, 0.29) is 5.69 Å². The number of ether oxygens (including phenoxy) is 1. The number of carboxylic acids is 1. The van der Waals surface area contributed by atoms with Crippen molar-refractivity contribution in [3.05, 3.63) is 106 Å². The summed E-state index contributed by atoms with van der Waals surface area (Å²) >= 11 is 4.66. The van der Waals surface area contributed by atoms with E-state index in [2.05, 4.69) is 89.6 Å². The van der Waals surface area contributed by atoms with Gasteiger partial charge in [0.25, 0.3) is 0 Å². The van der Waals surface area contributed by atoms with Gasteiger partial charge in [-0.15, -0.1) is 22.7 Å². The third-order valence-electron chi connectivity index (χ3n) is 10.3. The van der Waals surface area contributed by atoms with Crippen LogP contribution >= 0.6 is 34.0 Å². The van der Waals surface area contributed by atoms with Crippen LogP contribution in [0.2, 0.25) is 0 Å². The van der Waals surface area contributed by atoms with Crippen LogP contribution in [-0.4, -0.2) is 88.7 Å². The zero-order valence-electron chi connectivity index (χ0n) is 31.7. The van der Waals surface area contributed by atoms with Crippen LogP contribution < -0.4 is 19.9 Å². The quantitative estimate of drug-likeness (QED) is 0.0971. The first-order valence-electron chi connectivity index (χ1n) is 18.8. The molecule has 0 atom stereocenters. The van der Waals surface area contributed by atoms with Gasteiger partial charge in [-0.05, 0) is 79.8 Å². The summed E-state index contributed by atoms with van der Waals surface area (Å²) in [5, 5.41) is 16.0. The van der Waals surface area contributed by atoms with Crippen molar-refractivity contribution in [3.63, 3.8) is 0 Å². The number of thiazole rings is 2. The number of aromatic carboxylic acids is 1. The lowest BCUT2D eigenvalue weighted by atomic mass is 9.96. The van der Waals surface area contributed by atoms with Crippen LogP contribution in [0.15, 0.2) is 78.4 Å². The number of piperazine rings is 1. The second kappa shape index (κ2) is 17.3. The lowest BCUT2D eigenvalue weighted by Crippen LogP contribution is -2.44. The molecular formula is C42H42N8O4S3. The molecule has 4 aromatic heterocycles.